The molecule has 3 fully saturated rings. The van der Waals surface area contributed by atoms with Gasteiger partial charge in [-0.15, -0.1) is 0 Å². The molecule has 8 nitrogen and oxygen atoms in total. The number of hydrogen-bond acceptors (Lipinski definition) is 5. The summed E-state index contributed by atoms with van der Waals surface area (Å²) in [4.78, 5) is 40.7. The fourth-order valence-electron chi connectivity index (χ4n) is 4.67. The van der Waals surface area contributed by atoms with Crippen molar-refractivity contribution in [2.45, 2.75) is 57.3 Å². The van der Waals surface area contributed by atoms with Crippen molar-refractivity contribution in [2.75, 3.05) is 32.7 Å². The van der Waals surface area contributed by atoms with Crippen LogP contribution in [0.15, 0.2) is 16.7 Å². The lowest BCUT2D eigenvalue weighted by atomic mass is 9.96. The fourth-order valence-corrected chi connectivity index (χ4v) is 4.67. The summed E-state index contributed by atoms with van der Waals surface area (Å²) in [5.41, 5.74) is 0.881. The topological polar surface area (TPSA) is 94.3 Å². The summed E-state index contributed by atoms with van der Waals surface area (Å²) in [6.07, 6.45) is 1.22. The summed E-state index contributed by atoms with van der Waals surface area (Å²) in [7, 11) is 0. The minimum absolute atomic E-state index is 0.0242. The first-order valence-corrected chi connectivity index (χ1v) is 10.8. The van der Waals surface area contributed by atoms with Gasteiger partial charge in [-0.2, -0.15) is 13.2 Å². The SMILES string of the molecule is Cc1ccoc1C(=O)N1CC[C@H]2[C@@H]1CCC(=O)N2CCN1CCCC1.O=C(O)C(F)(F)F. The van der Waals surface area contributed by atoms with Gasteiger partial charge in [-0.05, 0) is 51.8 Å². The molecule has 0 aromatic carbocycles. The van der Waals surface area contributed by atoms with Gasteiger partial charge >= 0.3 is 12.1 Å². The van der Waals surface area contributed by atoms with Crippen LogP contribution >= 0.6 is 0 Å². The highest BCUT2D eigenvalue weighted by Gasteiger charge is 2.45. The van der Waals surface area contributed by atoms with Crippen molar-refractivity contribution in [2.24, 2.45) is 0 Å². The molecule has 32 heavy (non-hydrogen) atoms. The lowest BCUT2D eigenvalue weighted by Gasteiger charge is -2.40. The Labute approximate surface area is 183 Å². The Hall–Kier alpha value is -2.56. The van der Waals surface area contributed by atoms with E-state index in [0.717, 1.165) is 44.6 Å². The van der Waals surface area contributed by atoms with Crippen LogP contribution in [0.1, 0.15) is 48.2 Å². The van der Waals surface area contributed by atoms with Crippen molar-refractivity contribution in [3.8, 4) is 0 Å². The number of nitrogens with zero attached hydrogens (tertiary/aromatic N) is 3. The van der Waals surface area contributed by atoms with E-state index in [1.807, 2.05) is 17.9 Å². The van der Waals surface area contributed by atoms with E-state index in [1.54, 1.807) is 6.26 Å². The third-order valence-electron chi connectivity index (χ3n) is 6.30. The second-order valence-corrected chi connectivity index (χ2v) is 8.33. The van der Waals surface area contributed by atoms with E-state index in [9.17, 15) is 22.8 Å². The Kier molecular flexibility index (Phi) is 7.47. The third kappa shape index (κ3) is 5.43. The smallest absolute Gasteiger partial charge is 0.475 e. The first-order valence-electron chi connectivity index (χ1n) is 10.8. The van der Waals surface area contributed by atoms with Crippen molar-refractivity contribution in [1.29, 1.82) is 0 Å². The number of fused-ring (bicyclic) bond motifs is 1. The predicted molar refractivity (Wildman–Crippen MR) is 107 cm³/mol. The van der Waals surface area contributed by atoms with Crippen LogP contribution in [0, 0.1) is 6.92 Å². The quantitative estimate of drug-likeness (QED) is 0.744. The van der Waals surface area contributed by atoms with Crippen LogP contribution in [-0.4, -0.2) is 88.6 Å². The van der Waals surface area contributed by atoms with Gasteiger partial charge in [-0.3, -0.25) is 9.59 Å². The van der Waals surface area contributed by atoms with Crippen LogP contribution in [0.25, 0.3) is 0 Å². The van der Waals surface area contributed by atoms with E-state index in [-0.39, 0.29) is 23.9 Å². The van der Waals surface area contributed by atoms with Crippen LogP contribution in [-0.2, 0) is 9.59 Å². The van der Waals surface area contributed by atoms with Crippen molar-refractivity contribution in [3.05, 3.63) is 23.7 Å². The molecule has 0 unspecified atom stereocenters. The summed E-state index contributed by atoms with van der Waals surface area (Å²) >= 11 is 0. The van der Waals surface area contributed by atoms with E-state index in [4.69, 9.17) is 14.3 Å². The van der Waals surface area contributed by atoms with Gasteiger partial charge in [0, 0.05) is 31.6 Å². The van der Waals surface area contributed by atoms with Gasteiger partial charge in [0.15, 0.2) is 5.76 Å². The zero-order chi connectivity index (χ0) is 23.5. The number of likely N-dealkylation sites (tertiary alicyclic amines) is 3. The average molecular weight is 459 g/mol. The van der Waals surface area contributed by atoms with Gasteiger partial charge in [0.2, 0.25) is 5.91 Å². The lowest BCUT2D eigenvalue weighted by Crippen LogP contribution is -2.54. The number of amides is 2. The number of hydrogen-bond donors (Lipinski definition) is 1. The minimum atomic E-state index is -5.08. The van der Waals surface area contributed by atoms with Crippen LogP contribution in [0.4, 0.5) is 13.2 Å². The number of piperidine rings is 1. The number of carbonyl (C=O) groups is 3. The lowest BCUT2D eigenvalue weighted by molar-refractivity contribution is -0.192. The minimum Gasteiger partial charge on any atom is -0.475 e. The maximum Gasteiger partial charge on any atom is 0.490 e. The monoisotopic (exact) mass is 459 g/mol. The molecule has 0 saturated carbocycles. The average Bonchev–Trinajstić information content (AvgIpc) is 3.47. The van der Waals surface area contributed by atoms with E-state index in [1.165, 1.54) is 12.8 Å². The molecule has 0 spiro atoms. The summed E-state index contributed by atoms with van der Waals surface area (Å²) in [5, 5.41) is 7.12. The Balaban J connectivity index is 0.000000360. The van der Waals surface area contributed by atoms with Crippen molar-refractivity contribution in [1.82, 2.24) is 14.7 Å². The van der Waals surface area contributed by atoms with Crippen molar-refractivity contribution >= 4 is 17.8 Å². The second kappa shape index (κ2) is 9.93. The molecule has 1 aromatic rings. The standard InChI is InChI=1S/C19H27N3O3.C2HF3O2/c1-14-7-13-25-18(14)19(24)22-10-6-16-15(22)4-5-17(23)21(16)12-11-20-8-2-3-9-20;3-2(4,5)1(6)7/h7,13,15-16H,2-6,8-12H2,1H3;(H,6,7)/t15-,16-;/m0./s1. The molecular formula is C21H28F3N3O5. The van der Waals surface area contributed by atoms with Crippen molar-refractivity contribution in [3.63, 3.8) is 0 Å². The molecule has 0 aliphatic carbocycles. The Morgan fingerprint density at radius 2 is 1.78 bits per heavy atom. The molecule has 2 atom stereocenters. The van der Waals surface area contributed by atoms with Gasteiger partial charge in [0.25, 0.3) is 5.91 Å². The van der Waals surface area contributed by atoms with Crippen LogP contribution in [0.3, 0.4) is 0 Å². The number of aliphatic carboxylic acids is 1. The van der Waals surface area contributed by atoms with Gasteiger partial charge in [0.05, 0.1) is 18.3 Å². The largest absolute Gasteiger partial charge is 0.490 e. The Morgan fingerprint density at radius 3 is 2.34 bits per heavy atom. The first-order chi connectivity index (χ1) is 15.1. The van der Waals surface area contributed by atoms with Crippen LogP contribution < -0.4 is 0 Å². The van der Waals surface area contributed by atoms with Gasteiger partial charge in [-0.1, -0.05) is 0 Å². The number of rotatable bonds is 4. The number of halogens is 3. The number of carboxylic acid groups (broad SMARTS) is 1. The van der Waals surface area contributed by atoms with Gasteiger partial charge in [-0.25, -0.2) is 4.79 Å². The zero-order valence-corrected chi connectivity index (χ0v) is 17.9. The first kappa shape index (κ1) is 24.1. The van der Waals surface area contributed by atoms with E-state index in [2.05, 4.69) is 9.80 Å². The highest BCUT2D eigenvalue weighted by Crippen LogP contribution is 2.33. The maximum absolute atomic E-state index is 12.9. The molecule has 3 aliphatic rings. The summed E-state index contributed by atoms with van der Waals surface area (Å²) < 4.78 is 37.1. The molecule has 0 radical (unpaired) electrons. The third-order valence-corrected chi connectivity index (χ3v) is 6.30. The van der Waals surface area contributed by atoms with Crippen LogP contribution in [0.5, 0.6) is 0 Å². The normalized spacial score (nSPS) is 23.7. The molecule has 0 bridgehead atoms. The van der Waals surface area contributed by atoms with E-state index >= 15 is 0 Å². The molecule has 2 amide bonds. The van der Waals surface area contributed by atoms with E-state index in [0.29, 0.717) is 18.7 Å². The molecule has 3 aliphatic heterocycles. The highest BCUT2D eigenvalue weighted by atomic mass is 19.4. The zero-order valence-electron chi connectivity index (χ0n) is 17.9. The van der Waals surface area contributed by atoms with Gasteiger partial charge in [0.1, 0.15) is 0 Å². The molecule has 3 saturated heterocycles. The summed E-state index contributed by atoms with van der Waals surface area (Å²) in [6.45, 7) is 6.66. The molecule has 4 rings (SSSR count). The highest BCUT2D eigenvalue weighted by molar-refractivity contribution is 5.93. The number of aryl methyl sites for hydroxylation is 1. The molecule has 178 valence electrons. The second-order valence-electron chi connectivity index (χ2n) is 8.33. The number of carboxylic acids is 1. The molecule has 4 heterocycles. The Bertz CT molecular complexity index is 835. The molecule has 11 heteroatoms. The predicted octanol–water partition coefficient (Wildman–Crippen LogP) is 2.52. The van der Waals surface area contributed by atoms with Gasteiger partial charge < -0.3 is 24.2 Å². The number of alkyl halides is 3. The number of furan rings is 1. The van der Waals surface area contributed by atoms with Crippen molar-refractivity contribution < 1.29 is 37.1 Å². The Morgan fingerprint density at radius 1 is 1.12 bits per heavy atom. The summed E-state index contributed by atoms with van der Waals surface area (Å²) in [6, 6.07) is 2.13. The summed E-state index contributed by atoms with van der Waals surface area (Å²) in [5.74, 6) is -2.08. The molecule has 1 N–H and O–H groups in total. The molecule has 1 aromatic heterocycles. The number of carbonyl (C=O) groups excluding carboxylic acids is 2. The van der Waals surface area contributed by atoms with E-state index < -0.39 is 12.1 Å². The molecular weight excluding hydrogens is 431 g/mol. The fraction of sp³-hybridized carbons (Fsp3) is 0.667. The van der Waals surface area contributed by atoms with Crippen LogP contribution in [0.2, 0.25) is 0 Å². The maximum atomic E-state index is 12.9.